The van der Waals surface area contributed by atoms with E-state index >= 15 is 0 Å². The smallest absolute Gasteiger partial charge is 0.191 e. The van der Waals surface area contributed by atoms with Crippen LogP contribution in [0, 0.1) is 0 Å². The molecule has 0 aliphatic carbocycles. The molecule has 0 bridgehead atoms. The van der Waals surface area contributed by atoms with Crippen LogP contribution in [0.25, 0.3) is 10.8 Å². The first kappa shape index (κ1) is 19.7. The number of rotatable bonds is 6. The third-order valence-electron chi connectivity index (χ3n) is 3.43. The molecule has 0 aliphatic rings. The Hall–Kier alpha value is -1.34. The molecule has 0 heterocycles. The average molecular weight is 427 g/mol. The SMILES string of the molecule is CCNC(=NCc1cccc2ccccc12)NC(C)COC.I. The number of aliphatic imine (C=N–C) groups is 1. The Balaban J connectivity index is 0.00000264. The predicted octanol–water partition coefficient (Wildman–Crippen LogP) is 3.55. The van der Waals surface area contributed by atoms with Gasteiger partial charge in [-0.05, 0) is 30.2 Å². The molecule has 2 aromatic rings. The zero-order valence-electron chi connectivity index (χ0n) is 14.0. The Morgan fingerprint density at radius 1 is 1.17 bits per heavy atom. The van der Waals surface area contributed by atoms with Crippen molar-refractivity contribution >= 4 is 40.7 Å². The first-order valence-corrected chi connectivity index (χ1v) is 7.75. The Kier molecular flexibility index (Phi) is 8.94. The second-order valence-electron chi connectivity index (χ2n) is 5.33. The summed E-state index contributed by atoms with van der Waals surface area (Å²) >= 11 is 0. The van der Waals surface area contributed by atoms with E-state index in [2.05, 4.69) is 66.9 Å². The normalized spacial score (nSPS) is 12.6. The minimum atomic E-state index is 0. The second-order valence-corrected chi connectivity index (χ2v) is 5.33. The van der Waals surface area contributed by atoms with Crippen molar-refractivity contribution in [3.63, 3.8) is 0 Å². The number of hydrogen-bond acceptors (Lipinski definition) is 2. The molecule has 0 saturated carbocycles. The lowest BCUT2D eigenvalue weighted by Crippen LogP contribution is -2.43. The molecule has 0 aromatic heterocycles. The Labute approximate surface area is 155 Å². The number of methoxy groups -OCH3 is 1. The third kappa shape index (κ3) is 5.99. The van der Waals surface area contributed by atoms with Crippen molar-refractivity contribution in [2.45, 2.75) is 26.4 Å². The Morgan fingerprint density at radius 2 is 1.91 bits per heavy atom. The number of nitrogens with one attached hydrogen (secondary N) is 2. The highest BCUT2D eigenvalue weighted by Gasteiger charge is 2.05. The highest BCUT2D eigenvalue weighted by Crippen LogP contribution is 2.19. The van der Waals surface area contributed by atoms with E-state index in [9.17, 15) is 0 Å². The zero-order chi connectivity index (χ0) is 15.8. The molecule has 0 aliphatic heterocycles. The lowest BCUT2D eigenvalue weighted by molar-refractivity contribution is 0.179. The van der Waals surface area contributed by atoms with Gasteiger partial charge in [0.2, 0.25) is 0 Å². The first-order valence-electron chi connectivity index (χ1n) is 7.75. The summed E-state index contributed by atoms with van der Waals surface area (Å²) in [6.07, 6.45) is 0. The lowest BCUT2D eigenvalue weighted by Gasteiger charge is -2.17. The van der Waals surface area contributed by atoms with E-state index in [1.807, 2.05) is 0 Å². The van der Waals surface area contributed by atoms with Gasteiger partial charge in [0, 0.05) is 19.7 Å². The van der Waals surface area contributed by atoms with Crippen LogP contribution in [0.3, 0.4) is 0 Å². The topological polar surface area (TPSA) is 45.7 Å². The van der Waals surface area contributed by atoms with Crippen molar-refractivity contribution in [2.75, 3.05) is 20.3 Å². The molecule has 0 amide bonds. The summed E-state index contributed by atoms with van der Waals surface area (Å²) in [6, 6.07) is 15.0. The molecule has 0 fully saturated rings. The molecule has 2 N–H and O–H groups in total. The summed E-state index contributed by atoms with van der Waals surface area (Å²) in [7, 11) is 1.71. The van der Waals surface area contributed by atoms with Crippen molar-refractivity contribution in [1.82, 2.24) is 10.6 Å². The number of halogens is 1. The largest absolute Gasteiger partial charge is 0.383 e. The van der Waals surface area contributed by atoms with Gasteiger partial charge in [-0.1, -0.05) is 42.5 Å². The fourth-order valence-corrected chi connectivity index (χ4v) is 2.44. The van der Waals surface area contributed by atoms with Crippen LogP contribution in [0.2, 0.25) is 0 Å². The van der Waals surface area contributed by atoms with Gasteiger partial charge in [0.15, 0.2) is 5.96 Å². The maximum atomic E-state index is 5.16. The quantitative estimate of drug-likeness (QED) is 0.421. The maximum Gasteiger partial charge on any atom is 0.191 e. The predicted molar refractivity (Wildman–Crippen MR) is 109 cm³/mol. The van der Waals surface area contributed by atoms with Gasteiger partial charge in [-0.2, -0.15) is 0 Å². The van der Waals surface area contributed by atoms with E-state index in [0.717, 1.165) is 12.5 Å². The molecule has 0 saturated heterocycles. The van der Waals surface area contributed by atoms with Gasteiger partial charge in [-0.25, -0.2) is 4.99 Å². The van der Waals surface area contributed by atoms with Gasteiger partial charge < -0.3 is 15.4 Å². The van der Waals surface area contributed by atoms with Crippen LogP contribution >= 0.6 is 24.0 Å². The summed E-state index contributed by atoms with van der Waals surface area (Å²) in [5.41, 5.74) is 1.23. The summed E-state index contributed by atoms with van der Waals surface area (Å²) < 4.78 is 5.16. The van der Waals surface area contributed by atoms with E-state index in [1.54, 1.807) is 7.11 Å². The van der Waals surface area contributed by atoms with Gasteiger partial charge in [-0.3, -0.25) is 0 Å². The summed E-state index contributed by atoms with van der Waals surface area (Å²) in [5, 5.41) is 9.13. The minimum Gasteiger partial charge on any atom is -0.383 e. The summed E-state index contributed by atoms with van der Waals surface area (Å²) in [5.74, 6) is 0.819. The molecule has 0 radical (unpaired) electrons. The first-order chi connectivity index (χ1) is 10.7. The van der Waals surface area contributed by atoms with Gasteiger partial charge >= 0.3 is 0 Å². The maximum absolute atomic E-state index is 5.16. The molecular weight excluding hydrogens is 401 g/mol. The number of fused-ring (bicyclic) bond motifs is 1. The van der Waals surface area contributed by atoms with Crippen LogP contribution in [-0.2, 0) is 11.3 Å². The van der Waals surface area contributed by atoms with Crippen molar-refractivity contribution in [3.8, 4) is 0 Å². The number of benzene rings is 2. The molecule has 4 nitrogen and oxygen atoms in total. The molecule has 0 spiro atoms. The second kappa shape index (κ2) is 10.4. The standard InChI is InChI=1S/C18H25N3O.HI/c1-4-19-18(21-14(2)13-22-3)20-12-16-10-7-9-15-8-5-6-11-17(15)16;/h5-11,14H,4,12-13H2,1-3H3,(H2,19,20,21);1H. The van der Waals surface area contributed by atoms with E-state index in [0.29, 0.717) is 13.2 Å². The van der Waals surface area contributed by atoms with Gasteiger partial charge in [0.25, 0.3) is 0 Å². The van der Waals surface area contributed by atoms with Crippen molar-refractivity contribution in [3.05, 3.63) is 48.0 Å². The number of ether oxygens (including phenoxy) is 1. The molecule has 23 heavy (non-hydrogen) atoms. The van der Waals surface area contributed by atoms with Crippen LogP contribution in [-0.4, -0.2) is 32.3 Å². The van der Waals surface area contributed by atoms with E-state index in [4.69, 9.17) is 9.73 Å². The van der Waals surface area contributed by atoms with Crippen LogP contribution in [0.15, 0.2) is 47.5 Å². The number of guanidine groups is 1. The minimum absolute atomic E-state index is 0. The van der Waals surface area contributed by atoms with Crippen molar-refractivity contribution in [2.24, 2.45) is 4.99 Å². The Bertz CT molecular complexity index is 625. The fourth-order valence-electron chi connectivity index (χ4n) is 2.44. The molecule has 1 atom stereocenters. The molecule has 2 rings (SSSR count). The monoisotopic (exact) mass is 427 g/mol. The van der Waals surface area contributed by atoms with E-state index < -0.39 is 0 Å². The lowest BCUT2D eigenvalue weighted by atomic mass is 10.1. The van der Waals surface area contributed by atoms with Crippen LogP contribution < -0.4 is 10.6 Å². The van der Waals surface area contributed by atoms with E-state index in [-0.39, 0.29) is 30.0 Å². The molecule has 5 heteroatoms. The number of nitrogens with zero attached hydrogens (tertiary/aromatic N) is 1. The molecular formula is C18H26IN3O. The fraction of sp³-hybridized carbons (Fsp3) is 0.389. The zero-order valence-corrected chi connectivity index (χ0v) is 16.3. The molecule has 2 aromatic carbocycles. The Morgan fingerprint density at radius 3 is 2.65 bits per heavy atom. The van der Waals surface area contributed by atoms with Crippen LogP contribution in [0.5, 0.6) is 0 Å². The summed E-state index contributed by atoms with van der Waals surface area (Å²) in [6.45, 7) is 6.28. The third-order valence-corrected chi connectivity index (χ3v) is 3.43. The van der Waals surface area contributed by atoms with Crippen molar-refractivity contribution < 1.29 is 4.74 Å². The number of hydrogen-bond donors (Lipinski definition) is 2. The average Bonchev–Trinajstić information content (AvgIpc) is 2.53. The van der Waals surface area contributed by atoms with Crippen LogP contribution in [0.4, 0.5) is 0 Å². The highest BCUT2D eigenvalue weighted by atomic mass is 127. The van der Waals surface area contributed by atoms with E-state index in [1.165, 1.54) is 16.3 Å². The van der Waals surface area contributed by atoms with Crippen molar-refractivity contribution in [1.29, 1.82) is 0 Å². The molecule has 1 unspecified atom stereocenters. The molecule has 126 valence electrons. The van der Waals surface area contributed by atoms with Gasteiger partial charge in [0.1, 0.15) is 0 Å². The summed E-state index contributed by atoms with van der Waals surface area (Å²) in [4.78, 5) is 4.69. The van der Waals surface area contributed by atoms with Gasteiger partial charge in [0.05, 0.1) is 13.2 Å². The van der Waals surface area contributed by atoms with Crippen LogP contribution in [0.1, 0.15) is 19.4 Å². The highest BCUT2D eigenvalue weighted by molar-refractivity contribution is 14.0. The van der Waals surface area contributed by atoms with Gasteiger partial charge in [-0.15, -0.1) is 24.0 Å².